The molecule has 23 heavy (non-hydrogen) atoms. The maximum absolute atomic E-state index is 10.6. The summed E-state index contributed by atoms with van der Waals surface area (Å²) in [5, 5.41) is 13.9. The van der Waals surface area contributed by atoms with Crippen molar-refractivity contribution in [2.75, 3.05) is 13.2 Å². The average molecular weight is 319 g/mol. The zero-order valence-corrected chi connectivity index (χ0v) is 13.7. The van der Waals surface area contributed by atoms with E-state index in [-0.39, 0.29) is 12.1 Å². The van der Waals surface area contributed by atoms with E-state index < -0.39 is 18.0 Å². The Morgan fingerprint density at radius 3 is 2.70 bits per heavy atom. The van der Waals surface area contributed by atoms with Crippen LogP contribution >= 0.6 is 0 Å². The van der Waals surface area contributed by atoms with E-state index in [1.165, 1.54) is 5.56 Å². The van der Waals surface area contributed by atoms with Crippen molar-refractivity contribution in [3.05, 3.63) is 48.2 Å². The molecule has 2 heterocycles. The molecule has 5 nitrogen and oxygen atoms in total. The monoisotopic (exact) mass is 319 g/mol. The van der Waals surface area contributed by atoms with Crippen LogP contribution in [0.4, 0.5) is 0 Å². The molecule has 0 radical (unpaired) electrons. The summed E-state index contributed by atoms with van der Waals surface area (Å²) < 4.78 is 17.1. The first-order chi connectivity index (χ1) is 11.0. The molecule has 0 aliphatic carbocycles. The molecule has 2 aliphatic rings. The van der Waals surface area contributed by atoms with Gasteiger partial charge in [0.05, 0.1) is 12.6 Å². The van der Waals surface area contributed by atoms with Crippen molar-refractivity contribution in [2.24, 2.45) is 0 Å². The van der Waals surface area contributed by atoms with E-state index >= 15 is 0 Å². The van der Waals surface area contributed by atoms with Crippen molar-refractivity contribution in [3.8, 4) is 0 Å². The van der Waals surface area contributed by atoms with Gasteiger partial charge >= 0.3 is 0 Å². The summed E-state index contributed by atoms with van der Waals surface area (Å²) in [5.74, 6) is -0.0719. The molecule has 3 rings (SSSR count). The van der Waals surface area contributed by atoms with Crippen molar-refractivity contribution in [1.82, 2.24) is 5.32 Å². The first kappa shape index (κ1) is 16.5. The minimum Gasteiger partial charge on any atom is -0.488 e. The molecule has 2 saturated heterocycles. The van der Waals surface area contributed by atoms with Crippen LogP contribution in [0.25, 0.3) is 0 Å². The van der Waals surface area contributed by atoms with E-state index in [1.807, 2.05) is 32.0 Å². The number of ether oxygens (including phenoxy) is 3. The fraction of sp³-hybridized carbons (Fsp3) is 0.556. The summed E-state index contributed by atoms with van der Waals surface area (Å²) in [6.45, 7) is 8.81. The van der Waals surface area contributed by atoms with Crippen molar-refractivity contribution in [1.29, 1.82) is 0 Å². The molecule has 0 saturated carbocycles. The molecular weight excluding hydrogens is 294 g/mol. The Kier molecular flexibility index (Phi) is 4.73. The summed E-state index contributed by atoms with van der Waals surface area (Å²) in [6, 6.07) is 9.95. The minimum atomic E-state index is -0.694. The third kappa shape index (κ3) is 3.75. The zero-order chi connectivity index (χ0) is 16.4. The van der Waals surface area contributed by atoms with Crippen molar-refractivity contribution >= 4 is 0 Å². The molecule has 0 spiro atoms. The van der Waals surface area contributed by atoms with Gasteiger partial charge in [0.2, 0.25) is 0 Å². The maximum atomic E-state index is 10.6. The normalized spacial score (nSPS) is 32.9. The number of aliphatic hydroxyl groups excluding tert-OH is 1. The molecule has 0 bridgehead atoms. The van der Waals surface area contributed by atoms with Gasteiger partial charge in [0.15, 0.2) is 11.9 Å². The molecule has 126 valence electrons. The van der Waals surface area contributed by atoms with Gasteiger partial charge in [-0.3, -0.25) is 0 Å². The second kappa shape index (κ2) is 6.61. The molecule has 2 aliphatic heterocycles. The number of benzene rings is 1. The third-order valence-electron chi connectivity index (χ3n) is 4.33. The Morgan fingerprint density at radius 1 is 1.30 bits per heavy atom. The Labute approximate surface area is 137 Å². The first-order valence-corrected chi connectivity index (χ1v) is 8.09. The van der Waals surface area contributed by atoms with Gasteiger partial charge in [0.1, 0.15) is 18.0 Å². The Morgan fingerprint density at radius 2 is 2.04 bits per heavy atom. The van der Waals surface area contributed by atoms with Gasteiger partial charge < -0.3 is 24.6 Å². The zero-order valence-electron chi connectivity index (χ0n) is 13.7. The van der Waals surface area contributed by atoms with Crippen LogP contribution in [0.1, 0.15) is 19.4 Å². The standard InChI is InChI=1S/C18H25NO4/c1-12-15(19-10-9-13-7-5-4-6-8-13)16(20)17(22-12)14-11-21-18(2,3)23-14/h4-8,14-17,19-20H,1,9-11H2,2-3H3/t14-,15+,16-,17-/m1/s1. The van der Waals surface area contributed by atoms with E-state index in [0.29, 0.717) is 12.4 Å². The lowest BCUT2D eigenvalue weighted by Crippen LogP contribution is -2.45. The SMILES string of the molecule is C=C1O[C@H]([C@H]2COC(C)(C)O2)[C@H](O)[C@H]1NCCc1ccccc1. The topological polar surface area (TPSA) is 60.0 Å². The smallest absolute Gasteiger partial charge is 0.163 e. The Balaban J connectivity index is 1.53. The summed E-state index contributed by atoms with van der Waals surface area (Å²) in [4.78, 5) is 0. The van der Waals surface area contributed by atoms with Crippen LogP contribution in [0, 0.1) is 0 Å². The van der Waals surface area contributed by atoms with Crippen LogP contribution in [0.5, 0.6) is 0 Å². The van der Waals surface area contributed by atoms with Crippen LogP contribution in [-0.2, 0) is 20.6 Å². The molecule has 4 atom stereocenters. The highest BCUT2D eigenvalue weighted by Crippen LogP contribution is 2.33. The van der Waals surface area contributed by atoms with Crippen LogP contribution in [0.15, 0.2) is 42.7 Å². The molecule has 0 aromatic heterocycles. The van der Waals surface area contributed by atoms with Gasteiger partial charge in [-0.2, -0.15) is 0 Å². The molecule has 2 fully saturated rings. The highest BCUT2D eigenvalue weighted by atomic mass is 16.8. The van der Waals surface area contributed by atoms with E-state index in [1.54, 1.807) is 0 Å². The highest BCUT2D eigenvalue weighted by molar-refractivity contribution is 5.16. The van der Waals surface area contributed by atoms with E-state index in [2.05, 4.69) is 24.0 Å². The predicted octanol–water partition coefficient (Wildman–Crippen LogP) is 1.61. The summed E-state index contributed by atoms with van der Waals surface area (Å²) in [7, 11) is 0. The van der Waals surface area contributed by atoms with Crippen LogP contribution in [0.3, 0.4) is 0 Å². The predicted molar refractivity (Wildman–Crippen MR) is 86.9 cm³/mol. The number of aliphatic hydroxyl groups is 1. The van der Waals surface area contributed by atoms with E-state index in [9.17, 15) is 5.11 Å². The fourth-order valence-corrected chi connectivity index (χ4v) is 3.12. The average Bonchev–Trinajstić information content (AvgIpc) is 3.01. The lowest BCUT2D eigenvalue weighted by atomic mass is 10.0. The van der Waals surface area contributed by atoms with Gasteiger partial charge in [-0.25, -0.2) is 0 Å². The molecule has 1 aromatic rings. The Hall–Kier alpha value is -1.40. The van der Waals surface area contributed by atoms with Gasteiger partial charge in [0, 0.05) is 0 Å². The number of hydrogen-bond acceptors (Lipinski definition) is 5. The quantitative estimate of drug-likeness (QED) is 0.863. The number of hydrogen-bond donors (Lipinski definition) is 2. The largest absolute Gasteiger partial charge is 0.488 e. The van der Waals surface area contributed by atoms with Gasteiger partial charge in [0.25, 0.3) is 0 Å². The lowest BCUT2D eigenvalue weighted by Gasteiger charge is -2.23. The van der Waals surface area contributed by atoms with E-state index in [0.717, 1.165) is 13.0 Å². The second-order valence-electron chi connectivity index (χ2n) is 6.57. The van der Waals surface area contributed by atoms with Crippen LogP contribution in [-0.4, -0.2) is 48.4 Å². The van der Waals surface area contributed by atoms with Crippen LogP contribution in [0.2, 0.25) is 0 Å². The number of nitrogens with one attached hydrogen (secondary N) is 1. The van der Waals surface area contributed by atoms with Crippen molar-refractivity contribution < 1.29 is 19.3 Å². The molecule has 0 amide bonds. The maximum Gasteiger partial charge on any atom is 0.163 e. The first-order valence-electron chi connectivity index (χ1n) is 8.09. The third-order valence-corrected chi connectivity index (χ3v) is 4.33. The molecule has 0 unspecified atom stereocenters. The van der Waals surface area contributed by atoms with Crippen molar-refractivity contribution in [3.63, 3.8) is 0 Å². The molecular formula is C18H25NO4. The van der Waals surface area contributed by atoms with Crippen LogP contribution < -0.4 is 5.32 Å². The summed E-state index contributed by atoms with van der Waals surface area (Å²) in [5.41, 5.74) is 1.25. The number of rotatable bonds is 5. The Bertz CT molecular complexity index is 545. The fourth-order valence-electron chi connectivity index (χ4n) is 3.12. The van der Waals surface area contributed by atoms with Gasteiger partial charge in [-0.05, 0) is 32.4 Å². The van der Waals surface area contributed by atoms with Crippen molar-refractivity contribution in [2.45, 2.75) is 50.4 Å². The van der Waals surface area contributed by atoms with Gasteiger partial charge in [-0.15, -0.1) is 0 Å². The summed E-state index contributed by atoms with van der Waals surface area (Å²) >= 11 is 0. The molecule has 1 aromatic carbocycles. The summed E-state index contributed by atoms with van der Waals surface area (Å²) in [6.07, 6.45) is -0.533. The molecule has 2 N–H and O–H groups in total. The highest BCUT2D eigenvalue weighted by Gasteiger charge is 2.48. The lowest BCUT2D eigenvalue weighted by molar-refractivity contribution is -0.156. The van der Waals surface area contributed by atoms with Gasteiger partial charge in [-0.1, -0.05) is 36.9 Å². The van der Waals surface area contributed by atoms with E-state index in [4.69, 9.17) is 14.2 Å². The minimum absolute atomic E-state index is 0.280. The molecule has 5 heteroatoms. The second-order valence-corrected chi connectivity index (χ2v) is 6.57.